The molecular weight excluding hydrogens is 298 g/mol. The van der Waals surface area contributed by atoms with Crippen molar-refractivity contribution in [3.05, 3.63) is 0 Å². The van der Waals surface area contributed by atoms with Crippen LogP contribution in [0.15, 0.2) is 0 Å². The van der Waals surface area contributed by atoms with Gasteiger partial charge in [-0.15, -0.1) is 0 Å². The summed E-state index contributed by atoms with van der Waals surface area (Å²) in [6.07, 6.45) is 10.7. The summed E-state index contributed by atoms with van der Waals surface area (Å²) in [6.45, 7) is 4.95. The van der Waals surface area contributed by atoms with E-state index in [1.54, 1.807) is 7.05 Å². The zero-order chi connectivity index (χ0) is 17.1. The van der Waals surface area contributed by atoms with Crippen LogP contribution in [0.2, 0.25) is 0 Å². The fourth-order valence-corrected chi connectivity index (χ4v) is 7.84. The highest BCUT2D eigenvalue weighted by atomic mass is 16.3. The zero-order valence-electron chi connectivity index (χ0n) is 15.7. The zero-order valence-corrected chi connectivity index (χ0v) is 15.7. The predicted octanol–water partition coefficient (Wildman–Crippen LogP) is 3.75. The molecule has 3 heteroatoms. The summed E-state index contributed by atoms with van der Waals surface area (Å²) in [4.78, 5) is 12.4. The maximum atomic E-state index is 12.4. The van der Waals surface area contributed by atoms with Crippen LogP contribution in [0.4, 0.5) is 0 Å². The molecule has 0 bridgehead atoms. The molecular formula is C21H35NO2. The second kappa shape index (κ2) is 5.72. The molecule has 4 aliphatic carbocycles. The van der Waals surface area contributed by atoms with Crippen molar-refractivity contribution in [2.75, 3.05) is 7.05 Å². The first kappa shape index (κ1) is 16.9. The summed E-state index contributed by atoms with van der Waals surface area (Å²) >= 11 is 0. The predicted molar refractivity (Wildman–Crippen MR) is 95.3 cm³/mol. The molecule has 0 spiro atoms. The first-order valence-corrected chi connectivity index (χ1v) is 10.3. The smallest absolute Gasteiger partial charge is 0.223 e. The highest BCUT2D eigenvalue weighted by Crippen LogP contribution is 2.67. The van der Waals surface area contributed by atoms with E-state index in [0.29, 0.717) is 5.41 Å². The average Bonchev–Trinajstić information content (AvgIpc) is 2.92. The Bertz CT molecular complexity index is 520. The topological polar surface area (TPSA) is 49.3 Å². The van der Waals surface area contributed by atoms with Gasteiger partial charge in [0.1, 0.15) is 0 Å². The molecule has 136 valence electrons. The first-order chi connectivity index (χ1) is 11.4. The molecule has 4 fully saturated rings. The molecule has 0 aromatic heterocycles. The summed E-state index contributed by atoms with van der Waals surface area (Å²) in [5.74, 6) is 3.61. The van der Waals surface area contributed by atoms with E-state index in [9.17, 15) is 9.90 Å². The van der Waals surface area contributed by atoms with E-state index in [1.807, 2.05) is 0 Å². The molecule has 0 aliphatic heterocycles. The van der Waals surface area contributed by atoms with Crippen LogP contribution in [0.5, 0.6) is 0 Å². The second-order valence-corrected chi connectivity index (χ2v) is 9.87. The molecule has 4 saturated carbocycles. The Morgan fingerprint density at radius 1 is 0.958 bits per heavy atom. The normalized spacial score (nSPS) is 53.7. The molecule has 8 atom stereocenters. The molecule has 0 saturated heterocycles. The van der Waals surface area contributed by atoms with Crippen LogP contribution in [0, 0.1) is 40.4 Å². The van der Waals surface area contributed by atoms with Gasteiger partial charge in [0, 0.05) is 13.0 Å². The highest BCUT2D eigenvalue weighted by molar-refractivity contribution is 5.79. The number of carbonyl (C=O) groups excluding carboxylic acids is 1. The molecule has 0 radical (unpaired) electrons. The molecule has 0 aromatic carbocycles. The van der Waals surface area contributed by atoms with Crippen LogP contribution in [0.25, 0.3) is 0 Å². The Morgan fingerprint density at radius 3 is 2.42 bits per heavy atom. The average molecular weight is 334 g/mol. The van der Waals surface area contributed by atoms with Crippen LogP contribution in [0.3, 0.4) is 0 Å². The maximum Gasteiger partial charge on any atom is 0.223 e. The number of fused-ring (bicyclic) bond motifs is 5. The van der Waals surface area contributed by atoms with Gasteiger partial charge in [-0.3, -0.25) is 4.79 Å². The van der Waals surface area contributed by atoms with Gasteiger partial charge in [-0.25, -0.2) is 0 Å². The SMILES string of the molecule is CNC(=O)C1CC[C@H]2[C@@H]3CCC4CC(O)CC[C@]4(C)[C@H]3CC[C@]12C. The summed E-state index contributed by atoms with van der Waals surface area (Å²) in [7, 11) is 1.80. The lowest BCUT2D eigenvalue weighted by Gasteiger charge is -2.60. The number of aliphatic hydroxyl groups is 1. The molecule has 4 rings (SSSR count). The highest BCUT2D eigenvalue weighted by Gasteiger charge is 2.61. The number of amides is 1. The molecule has 4 aliphatic rings. The van der Waals surface area contributed by atoms with E-state index < -0.39 is 0 Å². The van der Waals surface area contributed by atoms with Crippen LogP contribution >= 0.6 is 0 Å². The van der Waals surface area contributed by atoms with Gasteiger partial charge < -0.3 is 10.4 Å². The quantitative estimate of drug-likeness (QED) is 0.768. The minimum atomic E-state index is -0.0578. The monoisotopic (exact) mass is 333 g/mol. The minimum absolute atomic E-state index is 0.0578. The van der Waals surface area contributed by atoms with Crippen LogP contribution < -0.4 is 5.32 Å². The van der Waals surface area contributed by atoms with Crippen molar-refractivity contribution < 1.29 is 9.90 Å². The Morgan fingerprint density at radius 2 is 1.67 bits per heavy atom. The lowest BCUT2D eigenvalue weighted by molar-refractivity contribution is -0.140. The Labute approximate surface area is 147 Å². The minimum Gasteiger partial charge on any atom is -0.393 e. The Kier molecular flexibility index (Phi) is 4.02. The van der Waals surface area contributed by atoms with Gasteiger partial charge in [0.15, 0.2) is 0 Å². The number of hydrogen-bond donors (Lipinski definition) is 2. The number of aliphatic hydroxyl groups excluding tert-OH is 1. The lowest BCUT2D eigenvalue weighted by Crippen LogP contribution is -2.54. The van der Waals surface area contributed by atoms with E-state index in [-0.39, 0.29) is 23.3 Å². The van der Waals surface area contributed by atoms with E-state index >= 15 is 0 Å². The van der Waals surface area contributed by atoms with E-state index in [4.69, 9.17) is 0 Å². The van der Waals surface area contributed by atoms with Crippen molar-refractivity contribution in [1.82, 2.24) is 5.32 Å². The standard InChI is InChI=1S/C21H35NO2/c1-20-10-8-14(23)12-13(20)4-5-15-16-6-7-18(19(24)22-3)21(16,2)11-9-17(15)20/h13-18,23H,4-12H2,1-3H3,(H,22,24)/t13?,14?,15-,16-,17-,18?,20-,21-/m0/s1. The molecule has 0 heterocycles. The van der Waals surface area contributed by atoms with Crippen molar-refractivity contribution in [3.8, 4) is 0 Å². The van der Waals surface area contributed by atoms with Crippen LogP contribution in [-0.2, 0) is 4.79 Å². The van der Waals surface area contributed by atoms with Crippen LogP contribution in [-0.4, -0.2) is 24.2 Å². The largest absolute Gasteiger partial charge is 0.393 e. The summed E-state index contributed by atoms with van der Waals surface area (Å²) in [6, 6.07) is 0. The van der Waals surface area contributed by atoms with Gasteiger partial charge in [0.25, 0.3) is 0 Å². The second-order valence-electron chi connectivity index (χ2n) is 9.87. The summed E-state index contributed by atoms with van der Waals surface area (Å²) < 4.78 is 0. The van der Waals surface area contributed by atoms with E-state index in [2.05, 4.69) is 19.2 Å². The number of nitrogens with one attached hydrogen (secondary N) is 1. The molecule has 24 heavy (non-hydrogen) atoms. The summed E-state index contributed by atoms with van der Waals surface area (Å²) in [5, 5.41) is 13.1. The molecule has 3 nitrogen and oxygen atoms in total. The maximum absolute atomic E-state index is 12.4. The third-order valence-electron chi connectivity index (χ3n) is 9.20. The lowest BCUT2D eigenvalue weighted by atomic mass is 9.44. The number of carbonyl (C=O) groups is 1. The van der Waals surface area contributed by atoms with Crippen LogP contribution in [0.1, 0.15) is 71.6 Å². The van der Waals surface area contributed by atoms with E-state index in [0.717, 1.165) is 42.9 Å². The fraction of sp³-hybridized carbons (Fsp3) is 0.952. The Hall–Kier alpha value is -0.570. The van der Waals surface area contributed by atoms with Crippen molar-refractivity contribution in [2.24, 2.45) is 40.4 Å². The van der Waals surface area contributed by atoms with Gasteiger partial charge in [0.2, 0.25) is 5.91 Å². The van der Waals surface area contributed by atoms with Crippen molar-refractivity contribution in [3.63, 3.8) is 0 Å². The third kappa shape index (κ3) is 2.22. The Balaban J connectivity index is 1.60. The van der Waals surface area contributed by atoms with Crippen molar-refractivity contribution in [2.45, 2.75) is 77.7 Å². The number of hydrogen-bond acceptors (Lipinski definition) is 2. The first-order valence-electron chi connectivity index (χ1n) is 10.3. The molecule has 2 N–H and O–H groups in total. The fourth-order valence-electron chi connectivity index (χ4n) is 7.84. The molecule has 0 aromatic rings. The third-order valence-corrected chi connectivity index (χ3v) is 9.20. The van der Waals surface area contributed by atoms with Gasteiger partial charge in [-0.1, -0.05) is 13.8 Å². The molecule has 3 unspecified atom stereocenters. The summed E-state index contributed by atoms with van der Waals surface area (Å²) in [5.41, 5.74) is 0.660. The van der Waals surface area contributed by atoms with Gasteiger partial charge in [-0.2, -0.15) is 0 Å². The number of rotatable bonds is 1. The molecule has 1 amide bonds. The van der Waals surface area contributed by atoms with Gasteiger partial charge in [0.05, 0.1) is 6.10 Å². The van der Waals surface area contributed by atoms with Crippen molar-refractivity contribution in [1.29, 1.82) is 0 Å². The van der Waals surface area contributed by atoms with Gasteiger partial charge >= 0.3 is 0 Å². The van der Waals surface area contributed by atoms with Gasteiger partial charge in [-0.05, 0) is 92.3 Å². The van der Waals surface area contributed by atoms with E-state index in [1.165, 1.54) is 38.5 Å². The van der Waals surface area contributed by atoms with Crippen molar-refractivity contribution >= 4 is 5.91 Å².